The molecule has 0 unspecified atom stereocenters. The van der Waals surface area contributed by atoms with Crippen LogP contribution in [0.1, 0.15) is 11.3 Å². The Morgan fingerprint density at radius 2 is 2.05 bits per heavy atom. The molecule has 0 aliphatic carbocycles. The molecule has 1 amide bonds. The minimum Gasteiger partial charge on any atom is -0.361 e. The molecule has 0 spiro atoms. The third-order valence-electron chi connectivity index (χ3n) is 2.76. The number of halogens is 1. The fourth-order valence-electron chi connectivity index (χ4n) is 1.74. The van der Waals surface area contributed by atoms with Crippen LogP contribution >= 0.6 is 15.9 Å². The Balaban J connectivity index is 1.91. The number of benzene rings is 1. The van der Waals surface area contributed by atoms with E-state index in [2.05, 4.69) is 31.5 Å². The van der Waals surface area contributed by atoms with Gasteiger partial charge in [-0.15, -0.1) is 0 Å². The zero-order chi connectivity index (χ0) is 14.5. The lowest BCUT2D eigenvalue weighted by Gasteiger charge is -2.09. The first-order valence-corrected chi connectivity index (χ1v) is 7.07. The molecule has 2 N–H and O–H groups in total. The Kier molecular flexibility index (Phi) is 4.74. The van der Waals surface area contributed by atoms with Gasteiger partial charge in [-0.1, -0.05) is 22.0 Å². The zero-order valence-electron chi connectivity index (χ0n) is 11.4. The molecule has 0 aliphatic rings. The number of rotatable bonds is 4. The van der Waals surface area contributed by atoms with E-state index in [4.69, 9.17) is 0 Å². The van der Waals surface area contributed by atoms with Gasteiger partial charge in [-0.2, -0.15) is 0 Å². The van der Waals surface area contributed by atoms with Crippen molar-refractivity contribution in [3.8, 4) is 0 Å². The third-order valence-corrected chi connectivity index (χ3v) is 3.65. The second-order valence-corrected chi connectivity index (χ2v) is 5.38. The maximum absolute atomic E-state index is 11.9. The summed E-state index contributed by atoms with van der Waals surface area (Å²) in [6.45, 7) is 4.08. The van der Waals surface area contributed by atoms with Crippen LogP contribution < -0.4 is 10.6 Å². The van der Waals surface area contributed by atoms with Crippen molar-refractivity contribution in [1.82, 2.24) is 4.98 Å². The number of carbonyl (C=O) groups is 1. The highest BCUT2D eigenvalue weighted by Crippen LogP contribution is 2.19. The number of aryl methyl sites for hydroxylation is 2. The number of anilines is 2. The molecule has 2 aromatic rings. The third kappa shape index (κ3) is 4.06. The van der Waals surface area contributed by atoms with E-state index in [1.807, 2.05) is 50.2 Å². The van der Waals surface area contributed by atoms with Crippen molar-refractivity contribution in [2.45, 2.75) is 13.8 Å². The van der Waals surface area contributed by atoms with Gasteiger partial charge >= 0.3 is 0 Å². The topological polar surface area (TPSA) is 54.0 Å². The number of aromatic nitrogens is 1. The highest BCUT2D eigenvalue weighted by Gasteiger charge is 2.04. The first-order valence-electron chi connectivity index (χ1n) is 6.28. The maximum atomic E-state index is 11.9. The van der Waals surface area contributed by atoms with Crippen LogP contribution in [-0.4, -0.2) is 17.4 Å². The van der Waals surface area contributed by atoms with Crippen molar-refractivity contribution >= 4 is 33.3 Å². The smallest absolute Gasteiger partial charge is 0.243 e. The normalized spacial score (nSPS) is 10.2. The van der Waals surface area contributed by atoms with E-state index in [-0.39, 0.29) is 12.5 Å². The molecule has 0 fully saturated rings. The van der Waals surface area contributed by atoms with E-state index >= 15 is 0 Å². The fraction of sp³-hybridized carbons (Fsp3) is 0.200. The molecule has 0 radical (unpaired) electrons. The lowest BCUT2D eigenvalue weighted by atomic mass is 10.2. The number of amides is 1. The van der Waals surface area contributed by atoms with Crippen LogP contribution in [0.3, 0.4) is 0 Å². The van der Waals surface area contributed by atoms with E-state index in [1.54, 1.807) is 0 Å². The van der Waals surface area contributed by atoms with Crippen LogP contribution in [0.2, 0.25) is 0 Å². The maximum Gasteiger partial charge on any atom is 0.243 e. The van der Waals surface area contributed by atoms with Crippen LogP contribution in [0.5, 0.6) is 0 Å². The van der Waals surface area contributed by atoms with Crippen molar-refractivity contribution in [3.05, 3.63) is 52.1 Å². The Morgan fingerprint density at radius 1 is 1.25 bits per heavy atom. The molecule has 0 aliphatic heterocycles. The van der Waals surface area contributed by atoms with Crippen LogP contribution in [0.4, 0.5) is 11.5 Å². The van der Waals surface area contributed by atoms with Gasteiger partial charge in [-0.05, 0) is 49.7 Å². The average Bonchev–Trinajstić information content (AvgIpc) is 2.41. The second-order valence-electron chi connectivity index (χ2n) is 4.53. The van der Waals surface area contributed by atoms with Crippen LogP contribution in [-0.2, 0) is 4.79 Å². The summed E-state index contributed by atoms with van der Waals surface area (Å²) in [5, 5.41) is 5.84. The summed E-state index contributed by atoms with van der Waals surface area (Å²) in [5.74, 6) is 0.599. The number of nitrogens with one attached hydrogen (secondary N) is 2. The van der Waals surface area contributed by atoms with Crippen molar-refractivity contribution in [3.63, 3.8) is 0 Å². The Hall–Kier alpha value is -1.88. The Labute approximate surface area is 126 Å². The molecule has 104 valence electrons. The Bertz CT molecular complexity index is 628. The summed E-state index contributed by atoms with van der Waals surface area (Å²) < 4.78 is 1.03. The van der Waals surface area contributed by atoms with E-state index in [0.29, 0.717) is 5.82 Å². The quantitative estimate of drug-likeness (QED) is 0.900. The summed E-state index contributed by atoms with van der Waals surface area (Å²) >= 11 is 3.43. The van der Waals surface area contributed by atoms with Gasteiger partial charge in [0.05, 0.1) is 6.54 Å². The Morgan fingerprint density at radius 3 is 2.75 bits per heavy atom. The van der Waals surface area contributed by atoms with Gasteiger partial charge in [0.15, 0.2) is 0 Å². The zero-order valence-corrected chi connectivity index (χ0v) is 13.0. The lowest BCUT2D eigenvalue weighted by Crippen LogP contribution is -2.22. The van der Waals surface area contributed by atoms with Crippen molar-refractivity contribution in [1.29, 1.82) is 0 Å². The first-order chi connectivity index (χ1) is 9.54. The predicted molar refractivity (Wildman–Crippen MR) is 85.0 cm³/mol. The van der Waals surface area contributed by atoms with Gasteiger partial charge in [0.25, 0.3) is 0 Å². The largest absolute Gasteiger partial charge is 0.361 e. The van der Waals surface area contributed by atoms with Crippen molar-refractivity contribution in [2.75, 3.05) is 17.2 Å². The van der Waals surface area contributed by atoms with Crippen LogP contribution in [0, 0.1) is 13.8 Å². The van der Waals surface area contributed by atoms with E-state index < -0.39 is 0 Å². The SMILES string of the molecule is Cc1cccc(NCC(=O)Nc2ccc(Br)c(C)c2)n1. The molecule has 5 heteroatoms. The highest BCUT2D eigenvalue weighted by atomic mass is 79.9. The summed E-state index contributed by atoms with van der Waals surface area (Å²) in [6.07, 6.45) is 0. The van der Waals surface area contributed by atoms with Gasteiger partial charge in [0.1, 0.15) is 5.82 Å². The first kappa shape index (κ1) is 14.5. The van der Waals surface area contributed by atoms with Gasteiger partial charge in [-0.25, -0.2) is 4.98 Å². The van der Waals surface area contributed by atoms with Crippen LogP contribution in [0.15, 0.2) is 40.9 Å². The molecule has 4 nitrogen and oxygen atoms in total. The summed E-state index contributed by atoms with van der Waals surface area (Å²) in [7, 11) is 0. The van der Waals surface area contributed by atoms with E-state index in [0.717, 1.165) is 21.4 Å². The molecule has 20 heavy (non-hydrogen) atoms. The van der Waals surface area contributed by atoms with Gasteiger partial charge in [0.2, 0.25) is 5.91 Å². The molecular weight excluding hydrogens is 318 g/mol. The van der Waals surface area contributed by atoms with Crippen LogP contribution in [0.25, 0.3) is 0 Å². The molecule has 0 bridgehead atoms. The molecule has 0 saturated carbocycles. The molecule has 1 aromatic heterocycles. The summed E-state index contributed by atoms with van der Waals surface area (Å²) in [6, 6.07) is 11.4. The van der Waals surface area contributed by atoms with E-state index in [1.165, 1.54) is 0 Å². The number of hydrogen-bond acceptors (Lipinski definition) is 3. The average molecular weight is 334 g/mol. The van der Waals surface area contributed by atoms with Gasteiger partial charge < -0.3 is 10.6 Å². The predicted octanol–water partition coefficient (Wildman–Crippen LogP) is 3.51. The molecule has 1 heterocycles. The molecular formula is C15H16BrN3O. The van der Waals surface area contributed by atoms with Crippen molar-refractivity contribution in [2.24, 2.45) is 0 Å². The highest BCUT2D eigenvalue weighted by molar-refractivity contribution is 9.10. The van der Waals surface area contributed by atoms with Gasteiger partial charge in [0, 0.05) is 15.9 Å². The molecule has 1 aromatic carbocycles. The second kappa shape index (κ2) is 6.52. The minimum absolute atomic E-state index is 0.102. The van der Waals surface area contributed by atoms with Crippen molar-refractivity contribution < 1.29 is 4.79 Å². The van der Waals surface area contributed by atoms with Gasteiger partial charge in [-0.3, -0.25) is 4.79 Å². The minimum atomic E-state index is -0.102. The number of nitrogens with zero attached hydrogens (tertiary/aromatic N) is 1. The fourth-order valence-corrected chi connectivity index (χ4v) is 1.99. The number of pyridine rings is 1. The molecule has 0 atom stereocenters. The monoisotopic (exact) mass is 333 g/mol. The number of hydrogen-bond donors (Lipinski definition) is 2. The lowest BCUT2D eigenvalue weighted by molar-refractivity contribution is -0.114. The summed E-state index contributed by atoms with van der Waals surface area (Å²) in [5.41, 5.74) is 2.78. The summed E-state index contributed by atoms with van der Waals surface area (Å²) in [4.78, 5) is 16.1. The van der Waals surface area contributed by atoms with E-state index in [9.17, 15) is 4.79 Å². The standard InChI is InChI=1S/C15H16BrN3O/c1-10-8-12(6-7-13(10)16)19-15(20)9-17-14-5-3-4-11(2)18-14/h3-8H,9H2,1-2H3,(H,17,18)(H,19,20). The number of carbonyl (C=O) groups excluding carboxylic acids is 1. The molecule has 2 rings (SSSR count). The molecule has 0 saturated heterocycles.